The van der Waals surface area contributed by atoms with Crippen LogP contribution in [0.3, 0.4) is 0 Å². The van der Waals surface area contributed by atoms with E-state index in [1.54, 1.807) is 6.07 Å². The van der Waals surface area contributed by atoms with Crippen LogP contribution in [0.1, 0.15) is 37.3 Å². The highest BCUT2D eigenvalue weighted by Crippen LogP contribution is 2.19. The third-order valence-electron chi connectivity index (χ3n) is 4.59. The lowest BCUT2D eigenvalue weighted by Crippen LogP contribution is -2.35. The number of nitrogens with zero attached hydrogens (tertiary/aromatic N) is 1. The maximum absolute atomic E-state index is 13.4. The van der Waals surface area contributed by atoms with Gasteiger partial charge in [-0.25, -0.2) is 4.39 Å². The highest BCUT2D eigenvalue weighted by Gasteiger charge is 2.17. The Bertz CT molecular complexity index is 501. The summed E-state index contributed by atoms with van der Waals surface area (Å²) in [5, 5.41) is 6.34. The van der Waals surface area contributed by atoms with E-state index in [4.69, 9.17) is 0 Å². The molecule has 1 saturated heterocycles. The van der Waals surface area contributed by atoms with Gasteiger partial charge in [-0.05, 0) is 70.1 Å². The predicted molar refractivity (Wildman–Crippen MR) is 90.7 cm³/mol. The molecule has 0 radical (unpaired) electrons. The van der Waals surface area contributed by atoms with Crippen molar-refractivity contribution >= 4 is 5.91 Å². The van der Waals surface area contributed by atoms with E-state index in [0.29, 0.717) is 18.9 Å². The molecule has 2 N–H and O–H groups in total. The molecule has 1 aromatic carbocycles. The third-order valence-corrected chi connectivity index (χ3v) is 4.59. The van der Waals surface area contributed by atoms with Crippen LogP contribution in [0.5, 0.6) is 0 Å². The smallest absolute Gasteiger partial charge is 0.220 e. The normalized spacial score (nSPS) is 17.2. The maximum Gasteiger partial charge on any atom is 0.220 e. The number of likely N-dealkylation sites (N-methyl/N-ethyl adjacent to an activating group) is 1. The van der Waals surface area contributed by atoms with Crippen LogP contribution in [0.25, 0.3) is 0 Å². The van der Waals surface area contributed by atoms with Gasteiger partial charge in [0, 0.05) is 13.0 Å². The molecule has 1 aliphatic heterocycles. The Kier molecular flexibility index (Phi) is 6.99. The number of halogens is 1. The van der Waals surface area contributed by atoms with Crippen LogP contribution in [0.4, 0.5) is 4.39 Å². The molecule has 0 aliphatic carbocycles. The molecule has 1 aliphatic rings. The third kappa shape index (κ3) is 5.92. The summed E-state index contributed by atoms with van der Waals surface area (Å²) in [6, 6.07) is 6.56. The number of nitrogens with one attached hydrogen (secondary N) is 2. The molecule has 1 amide bonds. The second kappa shape index (κ2) is 8.99. The van der Waals surface area contributed by atoms with Crippen molar-refractivity contribution in [3.63, 3.8) is 0 Å². The van der Waals surface area contributed by atoms with E-state index < -0.39 is 0 Å². The molecular weight excluding hydrogens is 293 g/mol. The molecule has 0 bridgehead atoms. The summed E-state index contributed by atoms with van der Waals surface area (Å²) in [4.78, 5) is 14.1. The average molecular weight is 321 g/mol. The Labute approximate surface area is 138 Å². The quantitative estimate of drug-likeness (QED) is 0.810. The lowest BCUT2D eigenvalue weighted by Gasteiger charge is -2.26. The molecule has 4 nitrogen and oxygen atoms in total. The van der Waals surface area contributed by atoms with Crippen LogP contribution in [0.15, 0.2) is 24.3 Å². The minimum Gasteiger partial charge on any atom is -0.354 e. The molecule has 1 heterocycles. The monoisotopic (exact) mass is 321 g/mol. The van der Waals surface area contributed by atoms with Gasteiger partial charge in [0.1, 0.15) is 5.82 Å². The first-order chi connectivity index (χ1) is 11.1. The number of rotatable bonds is 7. The van der Waals surface area contributed by atoms with Crippen molar-refractivity contribution in [1.82, 2.24) is 15.5 Å². The second-order valence-corrected chi connectivity index (χ2v) is 6.57. The molecule has 5 heteroatoms. The largest absolute Gasteiger partial charge is 0.354 e. The van der Waals surface area contributed by atoms with E-state index in [1.165, 1.54) is 12.1 Å². The van der Waals surface area contributed by atoms with Gasteiger partial charge < -0.3 is 15.5 Å². The molecule has 1 unspecified atom stereocenters. The molecule has 0 saturated carbocycles. The summed E-state index contributed by atoms with van der Waals surface area (Å²) in [6.07, 6.45) is 3.86. The summed E-state index contributed by atoms with van der Waals surface area (Å²) in [5.74, 6) is 0.508. The second-order valence-electron chi connectivity index (χ2n) is 6.57. The van der Waals surface area contributed by atoms with Crippen LogP contribution in [-0.2, 0) is 4.79 Å². The van der Waals surface area contributed by atoms with Crippen molar-refractivity contribution in [2.24, 2.45) is 5.92 Å². The van der Waals surface area contributed by atoms with Crippen molar-refractivity contribution in [2.75, 3.05) is 33.7 Å². The Hall–Kier alpha value is -1.46. The Balaban J connectivity index is 1.80. The topological polar surface area (TPSA) is 44.4 Å². The van der Waals surface area contributed by atoms with E-state index in [0.717, 1.165) is 37.9 Å². The van der Waals surface area contributed by atoms with Gasteiger partial charge in [0.25, 0.3) is 0 Å². The van der Waals surface area contributed by atoms with E-state index in [1.807, 2.05) is 25.1 Å². The van der Waals surface area contributed by atoms with Gasteiger partial charge in [-0.2, -0.15) is 0 Å². The van der Waals surface area contributed by atoms with Crippen LogP contribution in [-0.4, -0.2) is 44.5 Å². The fourth-order valence-corrected chi connectivity index (χ4v) is 3.12. The van der Waals surface area contributed by atoms with Gasteiger partial charge in [-0.1, -0.05) is 12.1 Å². The number of carbonyl (C=O) groups is 1. The van der Waals surface area contributed by atoms with Gasteiger partial charge in [-0.15, -0.1) is 0 Å². The highest BCUT2D eigenvalue weighted by atomic mass is 19.1. The summed E-state index contributed by atoms with van der Waals surface area (Å²) in [5.41, 5.74) is 0.883. The number of hydrogen-bond acceptors (Lipinski definition) is 3. The summed E-state index contributed by atoms with van der Waals surface area (Å²) < 4.78 is 13.4. The molecule has 1 aromatic rings. The van der Waals surface area contributed by atoms with Crippen LogP contribution in [0, 0.1) is 11.7 Å². The van der Waals surface area contributed by atoms with Crippen LogP contribution >= 0.6 is 0 Å². The van der Waals surface area contributed by atoms with E-state index in [-0.39, 0.29) is 17.8 Å². The molecule has 2 rings (SSSR count). The molecular formula is C18H28FN3O. The molecule has 1 atom stereocenters. The fraction of sp³-hybridized carbons (Fsp3) is 0.611. The Morgan fingerprint density at radius 2 is 2.13 bits per heavy atom. The zero-order valence-electron chi connectivity index (χ0n) is 14.1. The fourth-order valence-electron chi connectivity index (χ4n) is 3.12. The molecule has 23 heavy (non-hydrogen) atoms. The number of carbonyl (C=O) groups excluding carboxylic acids is 1. The van der Waals surface area contributed by atoms with E-state index >= 15 is 0 Å². The summed E-state index contributed by atoms with van der Waals surface area (Å²) >= 11 is 0. The average Bonchev–Trinajstić information content (AvgIpc) is 2.54. The molecule has 128 valence electrons. The minimum absolute atomic E-state index is 0.0199. The van der Waals surface area contributed by atoms with Gasteiger partial charge in [0.2, 0.25) is 5.91 Å². The zero-order valence-corrected chi connectivity index (χ0v) is 14.1. The first kappa shape index (κ1) is 17.9. The van der Waals surface area contributed by atoms with E-state index in [2.05, 4.69) is 10.6 Å². The van der Waals surface area contributed by atoms with E-state index in [9.17, 15) is 9.18 Å². The van der Waals surface area contributed by atoms with Gasteiger partial charge in [0.05, 0.1) is 6.04 Å². The van der Waals surface area contributed by atoms with Crippen molar-refractivity contribution in [3.8, 4) is 0 Å². The van der Waals surface area contributed by atoms with Gasteiger partial charge in [0.15, 0.2) is 0 Å². The van der Waals surface area contributed by atoms with Crippen LogP contribution < -0.4 is 10.6 Å². The Morgan fingerprint density at radius 1 is 1.39 bits per heavy atom. The molecule has 0 spiro atoms. The Morgan fingerprint density at radius 3 is 2.78 bits per heavy atom. The van der Waals surface area contributed by atoms with Crippen molar-refractivity contribution in [2.45, 2.75) is 31.7 Å². The zero-order chi connectivity index (χ0) is 16.7. The van der Waals surface area contributed by atoms with Crippen molar-refractivity contribution in [3.05, 3.63) is 35.6 Å². The molecule has 1 fully saturated rings. The number of piperidine rings is 1. The SMILES string of the molecule is CN(C)C(CNC(=O)CCC1CCNCC1)c1cccc(F)c1. The summed E-state index contributed by atoms with van der Waals surface area (Å²) in [6.45, 7) is 2.63. The highest BCUT2D eigenvalue weighted by molar-refractivity contribution is 5.75. The van der Waals surface area contributed by atoms with Gasteiger partial charge in [-0.3, -0.25) is 4.79 Å². The number of amides is 1. The maximum atomic E-state index is 13.4. The summed E-state index contributed by atoms with van der Waals surface area (Å²) in [7, 11) is 3.88. The number of benzene rings is 1. The van der Waals surface area contributed by atoms with Crippen molar-refractivity contribution < 1.29 is 9.18 Å². The molecule has 0 aromatic heterocycles. The first-order valence-corrected chi connectivity index (χ1v) is 8.45. The van der Waals surface area contributed by atoms with Crippen molar-refractivity contribution in [1.29, 1.82) is 0 Å². The number of hydrogen-bond donors (Lipinski definition) is 2. The lowest BCUT2D eigenvalue weighted by atomic mass is 9.93. The lowest BCUT2D eigenvalue weighted by molar-refractivity contribution is -0.121. The van der Waals surface area contributed by atoms with Crippen LogP contribution in [0.2, 0.25) is 0 Å². The predicted octanol–water partition coefficient (Wildman–Crippen LogP) is 2.32. The first-order valence-electron chi connectivity index (χ1n) is 8.45. The minimum atomic E-state index is -0.244. The van der Waals surface area contributed by atoms with Gasteiger partial charge >= 0.3 is 0 Å². The standard InChI is InChI=1S/C18H28FN3O/c1-22(2)17(15-4-3-5-16(19)12-15)13-21-18(23)7-6-14-8-10-20-11-9-14/h3-5,12,14,17,20H,6-11,13H2,1-2H3,(H,21,23).